The van der Waals surface area contributed by atoms with E-state index in [-0.39, 0.29) is 49.3 Å². The summed E-state index contributed by atoms with van der Waals surface area (Å²) in [6, 6.07) is 0. The van der Waals surface area contributed by atoms with Crippen molar-refractivity contribution in [2.75, 3.05) is 39.6 Å². The van der Waals surface area contributed by atoms with E-state index in [1.54, 1.807) is 0 Å². The van der Waals surface area contributed by atoms with Crippen molar-refractivity contribution in [2.24, 2.45) is 0 Å². The monoisotopic (exact) mass is 398 g/mol. The second-order valence-corrected chi connectivity index (χ2v) is 5.92. The van der Waals surface area contributed by atoms with Crippen LogP contribution in [0.2, 0.25) is 0 Å². The van der Waals surface area contributed by atoms with Crippen LogP contribution in [0.5, 0.6) is 0 Å². The first-order valence-electron chi connectivity index (χ1n) is 8.83. The van der Waals surface area contributed by atoms with Crippen molar-refractivity contribution < 1.29 is 24.1 Å². The van der Waals surface area contributed by atoms with E-state index in [9.17, 15) is 5.11 Å². The van der Waals surface area contributed by atoms with E-state index < -0.39 is 0 Å². The van der Waals surface area contributed by atoms with Gasteiger partial charge in [0.2, 0.25) is 0 Å². The Morgan fingerprint density at radius 1 is 0.852 bits per heavy atom. The molecule has 0 saturated carbocycles. The maximum Gasteiger partial charge on any atom is 0.0810 e. The van der Waals surface area contributed by atoms with Gasteiger partial charge in [0.25, 0.3) is 0 Å². The third kappa shape index (κ3) is 23.8. The number of rotatable bonds is 16. The molecule has 1 aliphatic rings. The topological polar surface area (TPSA) is 60.5 Å². The van der Waals surface area contributed by atoms with Gasteiger partial charge in [-0.1, -0.05) is 63.8 Å². The highest BCUT2D eigenvalue weighted by atomic mass is 16.6. The molecule has 1 fully saturated rings. The van der Waals surface area contributed by atoms with Crippen LogP contribution in [0.4, 0.5) is 0 Å². The van der Waals surface area contributed by atoms with Crippen molar-refractivity contribution in [2.45, 2.75) is 108 Å². The van der Waals surface area contributed by atoms with Crippen molar-refractivity contribution in [3.05, 3.63) is 0 Å². The first-order valence-corrected chi connectivity index (χ1v) is 8.83. The highest BCUT2D eigenvalue weighted by molar-refractivity contribution is 4.68. The summed E-state index contributed by atoms with van der Waals surface area (Å²) in [4.78, 5) is 0. The van der Waals surface area contributed by atoms with E-state index in [0.29, 0.717) is 32.5 Å². The quantitative estimate of drug-likeness (QED) is 0.266. The van der Waals surface area contributed by atoms with Crippen LogP contribution >= 0.6 is 0 Å². The molecule has 0 aromatic carbocycles. The molecule has 0 bridgehead atoms. The fourth-order valence-corrected chi connectivity index (χ4v) is 2.07. The summed E-state index contributed by atoms with van der Waals surface area (Å²) in [5.41, 5.74) is 0. The molecule has 1 heterocycles. The summed E-state index contributed by atoms with van der Waals surface area (Å²) in [7, 11) is 0. The van der Waals surface area contributed by atoms with E-state index in [0.717, 1.165) is 32.5 Å². The summed E-state index contributed by atoms with van der Waals surface area (Å²) in [6.45, 7) is 7.99. The van der Waals surface area contributed by atoms with Gasteiger partial charge in [-0.25, -0.2) is 0 Å². The van der Waals surface area contributed by atoms with Gasteiger partial charge in [-0.2, -0.15) is 0 Å². The normalized spacial score (nSPS) is 16.3. The van der Waals surface area contributed by atoms with E-state index >= 15 is 0 Å². The van der Waals surface area contributed by atoms with Gasteiger partial charge in [-0.3, -0.25) is 0 Å². The molecule has 5 nitrogen and oxygen atoms in total. The summed E-state index contributed by atoms with van der Waals surface area (Å²) < 4.78 is 21.9. The standard InChI is InChI=1S/C17H34O5.5CH4/c1-3-15(18)12-21-16(4-2)13-20-11-10-19-9-7-5-6-8-17-14-22-17;;;;;/h15-18H,3-14H2,1-2H3;5*1H4. The molecule has 0 aromatic rings. The minimum Gasteiger partial charge on any atom is -0.391 e. The Hall–Kier alpha value is -0.200. The summed E-state index contributed by atoms with van der Waals surface area (Å²) in [5.74, 6) is 0. The maximum absolute atomic E-state index is 9.47. The Labute approximate surface area is 172 Å². The van der Waals surface area contributed by atoms with E-state index in [1.807, 2.05) is 6.92 Å². The Kier molecular flexibility index (Phi) is 35.9. The molecular weight excluding hydrogens is 344 g/mol. The lowest BCUT2D eigenvalue weighted by Gasteiger charge is -2.18. The number of unbranched alkanes of at least 4 members (excludes halogenated alkanes) is 2. The highest BCUT2D eigenvalue weighted by Crippen LogP contribution is 2.16. The van der Waals surface area contributed by atoms with Crippen LogP contribution < -0.4 is 0 Å². The van der Waals surface area contributed by atoms with Gasteiger partial charge in [-0.05, 0) is 25.7 Å². The Morgan fingerprint density at radius 3 is 2.04 bits per heavy atom. The second kappa shape index (κ2) is 25.8. The molecule has 0 aliphatic carbocycles. The fraction of sp³-hybridized carbons (Fsp3) is 1.00. The van der Waals surface area contributed by atoms with Crippen LogP contribution in [0.15, 0.2) is 0 Å². The second-order valence-electron chi connectivity index (χ2n) is 5.92. The van der Waals surface area contributed by atoms with Crippen LogP contribution in [0.1, 0.15) is 89.5 Å². The number of ether oxygens (including phenoxy) is 4. The number of epoxide rings is 1. The largest absolute Gasteiger partial charge is 0.391 e. The van der Waals surface area contributed by atoms with Crippen molar-refractivity contribution >= 4 is 0 Å². The predicted octanol–water partition coefficient (Wildman–Crippen LogP) is 5.73. The zero-order valence-corrected chi connectivity index (χ0v) is 14.3. The van der Waals surface area contributed by atoms with Gasteiger partial charge in [-0.15, -0.1) is 0 Å². The molecular formula is C22H54O5. The van der Waals surface area contributed by atoms with E-state index in [1.165, 1.54) is 19.3 Å². The smallest absolute Gasteiger partial charge is 0.0810 e. The number of aliphatic hydroxyl groups excluding tert-OH is 1. The van der Waals surface area contributed by atoms with Crippen LogP contribution in [0, 0.1) is 0 Å². The van der Waals surface area contributed by atoms with Crippen LogP contribution in [-0.4, -0.2) is 63.1 Å². The first-order chi connectivity index (χ1) is 10.8. The number of aliphatic hydroxyl groups is 1. The molecule has 3 atom stereocenters. The van der Waals surface area contributed by atoms with E-state index in [2.05, 4.69) is 6.92 Å². The Bertz CT molecular complexity index is 247. The van der Waals surface area contributed by atoms with E-state index in [4.69, 9.17) is 18.9 Å². The van der Waals surface area contributed by atoms with Crippen molar-refractivity contribution in [1.82, 2.24) is 0 Å². The van der Waals surface area contributed by atoms with Gasteiger partial charge in [0.05, 0.1) is 51.3 Å². The van der Waals surface area contributed by atoms with Gasteiger partial charge in [0.15, 0.2) is 0 Å². The zero-order valence-electron chi connectivity index (χ0n) is 14.3. The van der Waals surface area contributed by atoms with Gasteiger partial charge < -0.3 is 24.1 Å². The molecule has 172 valence electrons. The van der Waals surface area contributed by atoms with Gasteiger partial charge in [0, 0.05) is 6.61 Å². The lowest BCUT2D eigenvalue weighted by atomic mass is 10.2. The number of hydrogen-bond acceptors (Lipinski definition) is 5. The zero-order chi connectivity index (χ0) is 16.0. The average molecular weight is 399 g/mol. The summed E-state index contributed by atoms with van der Waals surface area (Å²) in [6.07, 6.45) is 6.63. The minimum absolute atomic E-state index is 0. The molecule has 0 radical (unpaired) electrons. The molecule has 1 saturated heterocycles. The fourth-order valence-electron chi connectivity index (χ4n) is 2.07. The lowest BCUT2D eigenvalue weighted by Crippen LogP contribution is -2.25. The molecule has 27 heavy (non-hydrogen) atoms. The third-order valence-corrected chi connectivity index (χ3v) is 3.84. The molecule has 1 N–H and O–H groups in total. The maximum atomic E-state index is 9.47. The summed E-state index contributed by atoms with van der Waals surface area (Å²) >= 11 is 0. The predicted molar refractivity (Wildman–Crippen MR) is 120 cm³/mol. The molecule has 3 unspecified atom stereocenters. The summed E-state index contributed by atoms with van der Waals surface area (Å²) in [5, 5.41) is 9.47. The first kappa shape index (κ1) is 37.5. The molecule has 5 heteroatoms. The number of hydrogen-bond donors (Lipinski definition) is 1. The molecule has 0 aromatic heterocycles. The lowest BCUT2D eigenvalue weighted by molar-refractivity contribution is -0.0578. The van der Waals surface area contributed by atoms with Crippen molar-refractivity contribution in [1.29, 1.82) is 0 Å². The van der Waals surface area contributed by atoms with Crippen molar-refractivity contribution in [3.63, 3.8) is 0 Å². The van der Waals surface area contributed by atoms with Crippen LogP contribution in [0.25, 0.3) is 0 Å². The third-order valence-electron chi connectivity index (χ3n) is 3.84. The molecule has 0 spiro atoms. The Balaban J connectivity index is -0.000000323. The van der Waals surface area contributed by atoms with Gasteiger partial charge in [0.1, 0.15) is 0 Å². The van der Waals surface area contributed by atoms with Gasteiger partial charge >= 0.3 is 0 Å². The van der Waals surface area contributed by atoms with Crippen molar-refractivity contribution in [3.8, 4) is 0 Å². The minimum atomic E-state index is -0.371. The average Bonchev–Trinajstić information content (AvgIpc) is 3.35. The molecule has 0 amide bonds. The molecule has 1 aliphatic heterocycles. The Morgan fingerprint density at radius 2 is 1.48 bits per heavy atom. The van der Waals surface area contributed by atoms with Crippen LogP contribution in [-0.2, 0) is 18.9 Å². The SMILES string of the molecule is C.C.C.C.C.CCC(O)COC(CC)COCCOCCCCCC1CO1. The highest BCUT2D eigenvalue weighted by Gasteiger charge is 2.20. The molecule has 1 rings (SSSR count). The van der Waals surface area contributed by atoms with Crippen LogP contribution in [0.3, 0.4) is 0 Å².